The topological polar surface area (TPSA) is 18.5 Å². The first-order valence-electron chi connectivity index (χ1n) is 7.37. The second kappa shape index (κ2) is 7.34. The quantitative estimate of drug-likeness (QED) is 0.574. The normalized spacial score (nSPS) is 10.3. The van der Waals surface area contributed by atoms with Crippen LogP contribution in [0.1, 0.15) is 5.56 Å². The van der Waals surface area contributed by atoms with Crippen molar-refractivity contribution >= 4 is 15.9 Å². The number of rotatable bonds is 5. The first-order valence-corrected chi connectivity index (χ1v) is 8.16. The molecule has 0 aliphatic carbocycles. The molecule has 23 heavy (non-hydrogen) atoms. The highest BCUT2D eigenvalue weighted by atomic mass is 79.9. The number of hydrogen-bond acceptors (Lipinski definition) is 2. The first kappa shape index (κ1) is 15.6. The maximum atomic E-state index is 5.97. The highest BCUT2D eigenvalue weighted by Crippen LogP contribution is 2.33. The molecule has 3 heteroatoms. The molecular weight excluding hydrogens is 352 g/mol. The molecule has 0 heterocycles. The van der Waals surface area contributed by atoms with E-state index >= 15 is 0 Å². The molecule has 0 unspecified atom stereocenters. The van der Waals surface area contributed by atoms with Crippen molar-refractivity contribution in [2.75, 3.05) is 7.11 Å². The molecule has 3 aromatic carbocycles. The molecule has 0 saturated carbocycles. The molecule has 2 nitrogen and oxygen atoms in total. The third-order valence-corrected chi connectivity index (χ3v) is 4.11. The Kier molecular flexibility index (Phi) is 4.99. The summed E-state index contributed by atoms with van der Waals surface area (Å²) in [4.78, 5) is 0. The van der Waals surface area contributed by atoms with E-state index in [-0.39, 0.29) is 0 Å². The lowest BCUT2D eigenvalue weighted by molar-refractivity contribution is 0.284. The fourth-order valence-corrected chi connectivity index (χ4v) is 2.61. The summed E-state index contributed by atoms with van der Waals surface area (Å²) in [6, 6.07) is 24.3. The minimum absolute atomic E-state index is 0.515. The second-order valence-corrected chi connectivity index (χ2v) is 6.06. The van der Waals surface area contributed by atoms with Gasteiger partial charge in [-0.1, -0.05) is 64.5 Å². The van der Waals surface area contributed by atoms with Gasteiger partial charge < -0.3 is 9.47 Å². The van der Waals surface area contributed by atoms with Gasteiger partial charge >= 0.3 is 0 Å². The fourth-order valence-electron chi connectivity index (χ4n) is 2.35. The van der Waals surface area contributed by atoms with Crippen LogP contribution in [0.5, 0.6) is 11.5 Å². The lowest BCUT2D eigenvalue weighted by atomic mass is 10.1. The van der Waals surface area contributed by atoms with E-state index < -0.39 is 0 Å². The molecule has 0 aromatic heterocycles. The van der Waals surface area contributed by atoms with E-state index in [9.17, 15) is 0 Å². The van der Waals surface area contributed by atoms with Gasteiger partial charge in [0.1, 0.15) is 6.61 Å². The predicted molar refractivity (Wildman–Crippen MR) is 96.9 cm³/mol. The molecule has 0 fully saturated rings. The Labute approximate surface area is 144 Å². The molecule has 0 aliphatic rings. The number of ether oxygens (including phenoxy) is 2. The predicted octanol–water partition coefficient (Wildman–Crippen LogP) is 5.70. The van der Waals surface area contributed by atoms with Gasteiger partial charge in [-0.2, -0.15) is 0 Å². The number of benzene rings is 3. The van der Waals surface area contributed by atoms with Crippen molar-refractivity contribution in [3.8, 4) is 22.6 Å². The van der Waals surface area contributed by atoms with Crippen LogP contribution in [0.15, 0.2) is 77.3 Å². The van der Waals surface area contributed by atoms with Crippen molar-refractivity contribution < 1.29 is 9.47 Å². The smallest absolute Gasteiger partial charge is 0.162 e. The molecule has 0 aliphatic heterocycles. The molecule has 3 rings (SSSR count). The van der Waals surface area contributed by atoms with E-state index in [1.165, 1.54) is 0 Å². The van der Waals surface area contributed by atoms with Crippen LogP contribution in [0.3, 0.4) is 0 Å². The Balaban J connectivity index is 1.85. The largest absolute Gasteiger partial charge is 0.493 e. The Morgan fingerprint density at radius 2 is 1.48 bits per heavy atom. The van der Waals surface area contributed by atoms with E-state index in [0.717, 1.165) is 32.7 Å². The third-order valence-electron chi connectivity index (χ3n) is 3.58. The zero-order valence-electron chi connectivity index (χ0n) is 12.8. The van der Waals surface area contributed by atoms with Crippen LogP contribution in [0.2, 0.25) is 0 Å². The van der Waals surface area contributed by atoms with Gasteiger partial charge in [-0.3, -0.25) is 0 Å². The lowest BCUT2D eigenvalue weighted by Crippen LogP contribution is -1.97. The Morgan fingerprint density at radius 3 is 2.17 bits per heavy atom. The van der Waals surface area contributed by atoms with Gasteiger partial charge in [-0.15, -0.1) is 0 Å². The van der Waals surface area contributed by atoms with Crippen LogP contribution in [0.25, 0.3) is 11.1 Å². The average molecular weight is 369 g/mol. The molecule has 0 amide bonds. The van der Waals surface area contributed by atoms with Crippen molar-refractivity contribution in [2.24, 2.45) is 0 Å². The van der Waals surface area contributed by atoms with E-state index in [0.29, 0.717) is 6.61 Å². The summed E-state index contributed by atoms with van der Waals surface area (Å²) >= 11 is 3.46. The Bertz CT molecular complexity index is 767. The van der Waals surface area contributed by atoms with Crippen molar-refractivity contribution in [1.82, 2.24) is 0 Å². The van der Waals surface area contributed by atoms with Crippen LogP contribution in [-0.2, 0) is 6.61 Å². The van der Waals surface area contributed by atoms with Gasteiger partial charge in [-0.05, 0) is 41.0 Å². The summed E-state index contributed by atoms with van der Waals surface area (Å²) in [5.74, 6) is 1.48. The van der Waals surface area contributed by atoms with Crippen LogP contribution in [0.4, 0.5) is 0 Å². The number of methoxy groups -OCH3 is 1. The molecular formula is C20H17BrO2. The number of halogens is 1. The molecule has 0 radical (unpaired) electrons. The van der Waals surface area contributed by atoms with Crippen LogP contribution >= 0.6 is 15.9 Å². The standard InChI is InChI=1S/C20H17BrO2/c1-22-19-12-9-17(16-7-10-18(21)11-8-16)13-20(19)23-14-15-5-3-2-4-6-15/h2-13H,14H2,1H3. The summed E-state index contributed by atoms with van der Waals surface area (Å²) in [7, 11) is 1.66. The van der Waals surface area contributed by atoms with E-state index in [1.54, 1.807) is 7.11 Å². The fraction of sp³-hybridized carbons (Fsp3) is 0.100. The summed E-state index contributed by atoms with van der Waals surface area (Å²) < 4.78 is 12.4. The van der Waals surface area contributed by atoms with Crippen molar-refractivity contribution in [3.63, 3.8) is 0 Å². The Hall–Kier alpha value is -2.26. The average Bonchev–Trinajstić information content (AvgIpc) is 2.61. The van der Waals surface area contributed by atoms with Gasteiger partial charge in [0, 0.05) is 4.47 Å². The third kappa shape index (κ3) is 3.93. The molecule has 0 atom stereocenters. The Morgan fingerprint density at radius 1 is 0.783 bits per heavy atom. The highest BCUT2D eigenvalue weighted by molar-refractivity contribution is 9.10. The van der Waals surface area contributed by atoms with Gasteiger partial charge in [-0.25, -0.2) is 0 Å². The molecule has 0 spiro atoms. The second-order valence-electron chi connectivity index (χ2n) is 5.15. The minimum atomic E-state index is 0.515. The van der Waals surface area contributed by atoms with Gasteiger partial charge in [0.15, 0.2) is 11.5 Å². The zero-order valence-corrected chi connectivity index (χ0v) is 14.4. The maximum Gasteiger partial charge on any atom is 0.162 e. The van der Waals surface area contributed by atoms with Crippen LogP contribution < -0.4 is 9.47 Å². The summed E-state index contributed by atoms with van der Waals surface area (Å²) in [5, 5.41) is 0. The number of hydrogen-bond donors (Lipinski definition) is 0. The van der Waals surface area contributed by atoms with Gasteiger partial charge in [0.2, 0.25) is 0 Å². The monoisotopic (exact) mass is 368 g/mol. The van der Waals surface area contributed by atoms with Crippen LogP contribution in [-0.4, -0.2) is 7.11 Å². The summed E-state index contributed by atoms with van der Waals surface area (Å²) in [6.07, 6.45) is 0. The maximum absolute atomic E-state index is 5.97. The summed E-state index contributed by atoms with van der Waals surface area (Å²) in [5.41, 5.74) is 3.37. The molecule has 3 aromatic rings. The minimum Gasteiger partial charge on any atom is -0.493 e. The molecule has 0 bridgehead atoms. The summed E-state index contributed by atoms with van der Waals surface area (Å²) in [6.45, 7) is 0.515. The zero-order chi connectivity index (χ0) is 16.1. The van der Waals surface area contributed by atoms with E-state index in [2.05, 4.69) is 28.1 Å². The lowest BCUT2D eigenvalue weighted by Gasteiger charge is -2.13. The SMILES string of the molecule is COc1ccc(-c2ccc(Br)cc2)cc1OCc1ccccc1. The van der Waals surface area contributed by atoms with E-state index in [1.807, 2.05) is 60.7 Å². The first-order chi connectivity index (χ1) is 11.3. The van der Waals surface area contributed by atoms with Gasteiger partial charge in [0.25, 0.3) is 0 Å². The van der Waals surface area contributed by atoms with Gasteiger partial charge in [0.05, 0.1) is 7.11 Å². The van der Waals surface area contributed by atoms with Crippen molar-refractivity contribution in [1.29, 1.82) is 0 Å². The van der Waals surface area contributed by atoms with Crippen LogP contribution in [0, 0.1) is 0 Å². The van der Waals surface area contributed by atoms with Crippen molar-refractivity contribution in [2.45, 2.75) is 6.61 Å². The van der Waals surface area contributed by atoms with E-state index in [4.69, 9.17) is 9.47 Å². The molecule has 116 valence electrons. The molecule has 0 saturated heterocycles. The molecule has 0 N–H and O–H groups in total. The van der Waals surface area contributed by atoms with Crippen molar-refractivity contribution in [3.05, 3.63) is 82.8 Å². The highest BCUT2D eigenvalue weighted by Gasteiger charge is 2.08.